The van der Waals surface area contributed by atoms with Gasteiger partial charge in [-0.2, -0.15) is 0 Å². The number of hydrogen-bond acceptors (Lipinski definition) is 12. The summed E-state index contributed by atoms with van der Waals surface area (Å²) >= 11 is 0. The Balaban J connectivity index is 1.17. The summed E-state index contributed by atoms with van der Waals surface area (Å²) < 4.78 is 31.6. The first kappa shape index (κ1) is 35.8. The van der Waals surface area contributed by atoms with Gasteiger partial charge in [-0.25, -0.2) is 9.59 Å². The van der Waals surface area contributed by atoms with Crippen LogP contribution in [0.4, 0.5) is 21.0 Å². The molecule has 0 aliphatic carbocycles. The van der Waals surface area contributed by atoms with Crippen LogP contribution >= 0.6 is 0 Å². The van der Waals surface area contributed by atoms with Crippen molar-refractivity contribution in [1.82, 2.24) is 9.80 Å². The molecule has 2 aromatic carbocycles. The summed E-state index contributed by atoms with van der Waals surface area (Å²) in [5.74, 6) is 1.96. The highest BCUT2D eigenvalue weighted by Gasteiger charge is 2.29. The predicted octanol–water partition coefficient (Wildman–Crippen LogP) is 5.72. The molecule has 0 radical (unpaired) electrons. The van der Waals surface area contributed by atoms with Crippen LogP contribution in [0, 0.1) is 32.1 Å². The average molecular weight is 675 g/mol. The highest BCUT2D eigenvalue weighted by Crippen LogP contribution is 2.36. The number of carbonyl (C=O) groups excluding carboxylic acids is 2. The topological polar surface area (TPSA) is 182 Å². The van der Waals surface area contributed by atoms with Crippen molar-refractivity contribution < 1.29 is 47.9 Å². The third kappa shape index (κ3) is 8.86. The second-order valence-corrected chi connectivity index (χ2v) is 11.7. The van der Waals surface area contributed by atoms with Crippen LogP contribution in [0.15, 0.2) is 24.3 Å². The Kier molecular flexibility index (Phi) is 12.5. The molecule has 2 saturated heterocycles. The van der Waals surface area contributed by atoms with Crippen LogP contribution in [0.3, 0.4) is 0 Å². The number of nitro groups is 2. The molecule has 0 spiro atoms. The number of amides is 2. The van der Waals surface area contributed by atoms with Gasteiger partial charge in [0.15, 0.2) is 23.0 Å². The Labute approximate surface area is 278 Å². The van der Waals surface area contributed by atoms with E-state index in [1.54, 1.807) is 9.80 Å². The van der Waals surface area contributed by atoms with Gasteiger partial charge < -0.3 is 38.2 Å². The van der Waals surface area contributed by atoms with Crippen LogP contribution in [0.1, 0.15) is 49.7 Å². The molecular formula is C32H42N4O12. The second-order valence-electron chi connectivity index (χ2n) is 11.7. The van der Waals surface area contributed by atoms with Crippen molar-refractivity contribution in [3.63, 3.8) is 0 Å². The van der Waals surface area contributed by atoms with Crippen molar-refractivity contribution >= 4 is 23.6 Å². The van der Waals surface area contributed by atoms with Crippen molar-refractivity contribution in [2.75, 3.05) is 54.6 Å². The highest BCUT2D eigenvalue weighted by atomic mass is 16.6. The van der Waals surface area contributed by atoms with E-state index in [2.05, 4.69) is 0 Å². The summed E-state index contributed by atoms with van der Waals surface area (Å²) in [4.78, 5) is 50.7. The predicted molar refractivity (Wildman–Crippen MR) is 171 cm³/mol. The Morgan fingerprint density at radius 3 is 1.23 bits per heavy atom. The lowest BCUT2D eigenvalue weighted by Crippen LogP contribution is -2.40. The van der Waals surface area contributed by atoms with Crippen LogP contribution in [0.2, 0.25) is 0 Å². The number of methoxy groups -OCH3 is 4. The van der Waals surface area contributed by atoms with Crippen LogP contribution in [-0.2, 0) is 22.7 Å². The summed E-state index contributed by atoms with van der Waals surface area (Å²) in [7, 11) is 5.62. The average Bonchev–Trinajstić information content (AvgIpc) is 3.11. The van der Waals surface area contributed by atoms with Gasteiger partial charge in [-0.1, -0.05) is 12.8 Å². The zero-order valence-electron chi connectivity index (χ0n) is 27.6. The molecule has 2 aliphatic heterocycles. The smallest absolute Gasteiger partial charge is 0.410 e. The molecule has 16 nitrogen and oxygen atoms in total. The van der Waals surface area contributed by atoms with E-state index in [-0.39, 0.29) is 47.2 Å². The quantitative estimate of drug-likeness (QED) is 0.186. The van der Waals surface area contributed by atoms with E-state index in [1.165, 1.54) is 52.7 Å². The van der Waals surface area contributed by atoms with Crippen molar-refractivity contribution in [2.45, 2.75) is 51.7 Å². The zero-order chi connectivity index (χ0) is 34.8. The molecule has 0 N–H and O–H groups in total. The maximum absolute atomic E-state index is 12.8. The molecule has 48 heavy (non-hydrogen) atoms. The molecule has 0 unspecified atom stereocenters. The number of nitrogens with zero attached hydrogens (tertiary/aromatic N) is 4. The van der Waals surface area contributed by atoms with E-state index in [0.717, 1.165) is 38.5 Å². The number of nitro benzene ring substituents is 2. The number of carbonyl (C=O) groups is 2. The standard InChI is InChI=1S/C32H42N4O12/c1-43-27-15-23(25(35(39)40)17-29(27)45-3)19-47-31(37)33-11-7-21(8-12-33)5-6-22-9-13-34(14-10-22)32(38)48-20-24-16-28(44-2)30(46-4)18-26(24)36(41)42/h15-18,21-22H,5-14,19-20H2,1-4H3. The molecule has 2 heterocycles. The van der Waals surface area contributed by atoms with Crippen molar-refractivity contribution in [3.05, 3.63) is 55.6 Å². The Morgan fingerprint density at radius 1 is 0.625 bits per heavy atom. The maximum Gasteiger partial charge on any atom is 0.410 e. The molecule has 2 aromatic rings. The van der Waals surface area contributed by atoms with Gasteiger partial charge in [-0.15, -0.1) is 0 Å². The minimum absolute atomic E-state index is 0.210. The van der Waals surface area contributed by atoms with E-state index in [9.17, 15) is 29.8 Å². The van der Waals surface area contributed by atoms with Crippen molar-refractivity contribution in [1.29, 1.82) is 0 Å². The molecule has 16 heteroatoms. The number of piperidine rings is 2. The lowest BCUT2D eigenvalue weighted by molar-refractivity contribution is -0.386. The highest BCUT2D eigenvalue weighted by molar-refractivity contribution is 5.68. The summed E-state index contributed by atoms with van der Waals surface area (Å²) in [6.45, 7) is 1.63. The molecule has 0 bridgehead atoms. The first-order valence-corrected chi connectivity index (χ1v) is 15.7. The van der Waals surface area contributed by atoms with Gasteiger partial charge in [-0.05, 0) is 49.7 Å². The van der Waals surface area contributed by atoms with Crippen LogP contribution < -0.4 is 18.9 Å². The Hall–Kier alpha value is -5.02. The molecule has 0 aromatic heterocycles. The molecular weight excluding hydrogens is 632 g/mol. The number of likely N-dealkylation sites (tertiary alicyclic amines) is 2. The van der Waals surface area contributed by atoms with Gasteiger partial charge in [0.05, 0.1) is 61.5 Å². The van der Waals surface area contributed by atoms with Gasteiger partial charge in [0, 0.05) is 26.2 Å². The lowest BCUT2D eigenvalue weighted by Gasteiger charge is -2.34. The van der Waals surface area contributed by atoms with Gasteiger partial charge in [0.25, 0.3) is 11.4 Å². The largest absolute Gasteiger partial charge is 0.493 e. The van der Waals surface area contributed by atoms with Gasteiger partial charge in [0.2, 0.25) is 0 Å². The normalized spacial score (nSPS) is 15.4. The third-order valence-electron chi connectivity index (χ3n) is 8.99. The van der Waals surface area contributed by atoms with Gasteiger partial charge in [0.1, 0.15) is 13.2 Å². The minimum atomic E-state index is -0.552. The molecule has 262 valence electrons. The van der Waals surface area contributed by atoms with E-state index < -0.39 is 22.0 Å². The Bertz CT molecular complexity index is 1360. The fourth-order valence-electron chi connectivity index (χ4n) is 6.13. The summed E-state index contributed by atoms with van der Waals surface area (Å²) in [6, 6.07) is 5.39. The molecule has 2 aliphatic rings. The van der Waals surface area contributed by atoms with E-state index in [1.807, 2.05) is 0 Å². The number of benzene rings is 2. The fraction of sp³-hybridized carbons (Fsp3) is 0.562. The summed E-state index contributed by atoms with van der Waals surface area (Å²) in [5.41, 5.74) is -0.0188. The van der Waals surface area contributed by atoms with Crippen molar-refractivity contribution in [2.24, 2.45) is 11.8 Å². The fourth-order valence-corrected chi connectivity index (χ4v) is 6.13. The zero-order valence-corrected chi connectivity index (χ0v) is 27.6. The first-order valence-electron chi connectivity index (χ1n) is 15.7. The Morgan fingerprint density at radius 2 is 0.938 bits per heavy atom. The number of ether oxygens (including phenoxy) is 6. The maximum atomic E-state index is 12.8. The van der Waals surface area contributed by atoms with Crippen LogP contribution in [-0.4, -0.2) is 86.5 Å². The van der Waals surface area contributed by atoms with E-state index in [0.29, 0.717) is 49.5 Å². The molecule has 0 atom stereocenters. The molecule has 4 rings (SSSR count). The molecule has 2 fully saturated rings. The SMILES string of the molecule is COc1cc(COC(=O)N2CCC(CCC3CCN(C(=O)OCc4cc(OC)c(OC)cc4[N+](=O)[O-])CC3)CC2)c([N+](=O)[O-])cc1OC. The molecule has 2 amide bonds. The lowest BCUT2D eigenvalue weighted by atomic mass is 9.85. The monoisotopic (exact) mass is 674 g/mol. The first-order chi connectivity index (χ1) is 23.1. The van der Waals surface area contributed by atoms with Crippen LogP contribution in [0.5, 0.6) is 23.0 Å². The van der Waals surface area contributed by atoms with Crippen molar-refractivity contribution in [3.8, 4) is 23.0 Å². The van der Waals surface area contributed by atoms with Gasteiger partial charge in [-0.3, -0.25) is 20.2 Å². The van der Waals surface area contributed by atoms with Crippen LogP contribution in [0.25, 0.3) is 0 Å². The third-order valence-corrected chi connectivity index (χ3v) is 8.99. The van der Waals surface area contributed by atoms with E-state index in [4.69, 9.17) is 28.4 Å². The number of rotatable bonds is 13. The van der Waals surface area contributed by atoms with Gasteiger partial charge >= 0.3 is 12.2 Å². The summed E-state index contributed by atoms with van der Waals surface area (Å²) in [6.07, 6.45) is 4.32. The van der Waals surface area contributed by atoms with E-state index >= 15 is 0 Å². The molecule has 0 saturated carbocycles. The second kappa shape index (κ2) is 16.7. The minimum Gasteiger partial charge on any atom is -0.493 e. The summed E-state index contributed by atoms with van der Waals surface area (Å²) in [5, 5.41) is 23.1. The number of hydrogen-bond donors (Lipinski definition) is 0.